The Bertz CT molecular complexity index is 835. The Labute approximate surface area is 159 Å². The summed E-state index contributed by atoms with van der Waals surface area (Å²) in [5, 5.41) is 12.0. The van der Waals surface area contributed by atoms with Gasteiger partial charge in [-0.25, -0.2) is 4.79 Å². The molecule has 0 fully saturated rings. The molecule has 0 atom stereocenters. The molecule has 0 aromatic heterocycles. The minimum atomic E-state index is -1.06. The van der Waals surface area contributed by atoms with E-state index in [1.165, 1.54) is 11.8 Å². The zero-order valence-electron chi connectivity index (χ0n) is 15.7. The summed E-state index contributed by atoms with van der Waals surface area (Å²) in [6.07, 6.45) is 1.45. The fourth-order valence-electron chi connectivity index (χ4n) is 2.15. The molecule has 0 spiro atoms. The number of carboxylic acid groups (broad SMARTS) is 1. The molecule has 140 valence electrons. The van der Waals surface area contributed by atoms with E-state index in [1.807, 2.05) is 36.4 Å². The molecule has 0 saturated carbocycles. The van der Waals surface area contributed by atoms with Gasteiger partial charge in [-0.15, -0.1) is 0 Å². The van der Waals surface area contributed by atoms with Gasteiger partial charge in [-0.05, 0) is 40.8 Å². The Morgan fingerprint density at radius 3 is 2.37 bits per heavy atom. The lowest BCUT2D eigenvalue weighted by atomic mass is 9.87. The third kappa shape index (κ3) is 7.25. The molecule has 27 heavy (non-hydrogen) atoms. The van der Waals surface area contributed by atoms with E-state index in [0.717, 1.165) is 16.9 Å². The van der Waals surface area contributed by atoms with Gasteiger partial charge in [0.2, 0.25) is 6.61 Å². The third-order valence-electron chi connectivity index (χ3n) is 3.64. The van der Waals surface area contributed by atoms with E-state index < -0.39 is 12.6 Å². The fourth-order valence-corrected chi connectivity index (χ4v) is 2.15. The number of rotatable bonds is 6. The monoisotopic (exact) mass is 365 g/mol. The van der Waals surface area contributed by atoms with Gasteiger partial charge < -0.3 is 14.7 Å². The number of aliphatic carboxylic acids is 1. The van der Waals surface area contributed by atoms with Crippen molar-refractivity contribution >= 4 is 12.2 Å². The Hall–Kier alpha value is -3.26. The molecule has 0 aliphatic carbocycles. The smallest absolute Gasteiger partial charge is 0.344 e. The first-order valence-corrected chi connectivity index (χ1v) is 8.54. The summed E-state index contributed by atoms with van der Waals surface area (Å²) in [5.41, 5.74) is 3.03. The average molecular weight is 365 g/mol. The molecule has 0 amide bonds. The molecule has 0 unspecified atom stereocenters. The molecule has 2 rings (SSSR count). The van der Waals surface area contributed by atoms with Gasteiger partial charge in [0.05, 0.1) is 6.21 Å². The van der Waals surface area contributed by atoms with Crippen molar-refractivity contribution in [3.8, 4) is 17.6 Å². The number of nitrogens with zero attached hydrogens (tertiary/aromatic N) is 1. The topological polar surface area (TPSA) is 68.1 Å². The van der Waals surface area contributed by atoms with Gasteiger partial charge in [-0.1, -0.05) is 62.0 Å². The van der Waals surface area contributed by atoms with Crippen LogP contribution in [0.3, 0.4) is 0 Å². The Kier molecular flexibility index (Phi) is 7.01. The molecule has 5 heteroatoms. The second kappa shape index (κ2) is 9.44. The van der Waals surface area contributed by atoms with E-state index >= 15 is 0 Å². The van der Waals surface area contributed by atoms with E-state index in [0.29, 0.717) is 6.61 Å². The highest BCUT2D eigenvalue weighted by atomic mass is 16.6. The number of benzene rings is 2. The quantitative estimate of drug-likeness (QED) is 0.480. The number of hydrogen-bond donors (Lipinski definition) is 1. The summed E-state index contributed by atoms with van der Waals surface area (Å²) in [6.45, 7) is 6.37. The maximum atomic E-state index is 10.3. The molecular formula is C22H23NO4. The second-order valence-corrected chi connectivity index (χ2v) is 6.89. The predicted molar refractivity (Wildman–Crippen MR) is 105 cm³/mol. The summed E-state index contributed by atoms with van der Waals surface area (Å²) < 4.78 is 5.64. The number of hydrogen-bond acceptors (Lipinski definition) is 4. The molecule has 0 radical (unpaired) electrons. The molecule has 1 N–H and O–H groups in total. The van der Waals surface area contributed by atoms with Crippen molar-refractivity contribution in [1.82, 2.24) is 0 Å². The van der Waals surface area contributed by atoms with Crippen LogP contribution in [0.1, 0.15) is 37.5 Å². The van der Waals surface area contributed by atoms with Gasteiger partial charge in [0, 0.05) is 5.56 Å². The van der Waals surface area contributed by atoms with Crippen molar-refractivity contribution in [2.75, 3.05) is 13.2 Å². The molecule has 0 aliphatic rings. The van der Waals surface area contributed by atoms with Crippen molar-refractivity contribution < 1.29 is 19.5 Å². The van der Waals surface area contributed by atoms with Gasteiger partial charge in [0.25, 0.3) is 0 Å². The zero-order valence-corrected chi connectivity index (χ0v) is 15.7. The molecule has 0 heterocycles. The molecule has 5 nitrogen and oxygen atoms in total. The van der Waals surface area contributed by atoms with Crippen LogP contribution in [0.15, 0.2) is 53.7 Å². The second-order valence-electron chi connectivity index (χ2n) is 6.89. The van der Waals surface area contributed by atoms with Crippen molar-refractivity contribution in [3.05, 3.63) is 65.2 Å². The van der Waals surface area contributed by atoms with Gasteiger partial charge in [0.1, 0.15) is 12.4 Å². The minimum absolute atomic E-state index is 0.123. The third-order valence-corrected chi connectivity index (χ3v) is 3.64. The largest absolute Gasteiger partial charge is 0.481 e. The highest BCUT2D eigenvalue weighted by Gasteiger charge is 2.12. The average Bonchev–Trinajstić information content (AvgIpc) is 2.63. The lowest BCUT2D eigenvalue weighted by Gasteiger charge is -2.18. The molecule has 2 aromatic rings. The molecule has 0 saturated heterocycles. The van der Waals surface area contributed by atoms with Crippen LogP contribution in [0.4, 0.5) is 0 Å². The number of ether oxygens (including phenoxy) is 1. The number of oxime groups is 1. The Balaban J connectivity index is 1.83. The zero-order chi connectivity index (χ0) is 19.7. The minimum Gasteiger partial charge on any atom is -0.481 e. The summed E-state index contributed by atoms with van der Waals surface area (Å²) in [6, 6.07) is 15.4. The van der Waals surface area contributed by atoms with E-state index in [4.69, 9.17) is 9.84 Å². The van der Waals surface area contributed by atoms with Crippen LogP contribution in [0.5, 0.6) is 5.75 Å². The number of carbonyl (C=O) groups is 1. The van der Waals surface area contributed by atoms with Crippen LogP contribution >= 0.6 is 0 Å². The van der Waals surface area contributed by atoms with Crippen molar-refractivity contribution in [1.29, 1.82) is 0 Å². The summed E-state index contributed by atoms with van der Waals surface area (Å²) in [4.78, 5) is 14.9. The first-order chi connectivity index (χ1) is 12.8. The summed E-state index contributed by atoms with van der Waals surface area (Å²) >= 11 is 0. The van der Waals surface area contributed by atoms with E-state index in [1.54, 1.807) is 0 Å². The Morgan fingerprint density at radius 1 is 1.11 bits per heavy atom. The number of carboxylic acids is 1. The van der Waals surface area contributed by atoms with Crippen LogP contribution < -0.4 is 4.74 Å². The SMILES string of the molecule is CC(C)(C)c1ccc(OCC#Cc2ccc(/C=N/OCC(=O)O)cc2)cc1. The van der Waals surface area contributed by atoms with Crippen LogP contribution in [-0.2, 0) is 15.0 Å². The first-order valence-electron chi connectivity index (χ1n) is 8.54. The summed E-state index contributed by atoms with van der Waals surface area (Å²) in [7, 11) is 0. The fraction of sp³-hybridized carbons (Fsp3) is 0.273. The molecule has 0 aliphatic heterocycles. The van der Waals surface area contributed by atoms with Crippen LogP contribution in [0, 0.1) is 11.8 Å². The van der Waals surface area contributed by atoms with Crippen molar-refractivity contribution in [2.24, 2.45) is 5.16 Å². The highest BCUT2D eigenvalue weighted by molar-refractivity contribution is 5.79. The molecular weight excluding hydrogens is 342 g/mol. The highest BCUT2D eigenvalue weighted by Crippen LogP contribution is 2.24. The van der Waals surface area contributed by atoms with Gasteiger partial charge >= 0.3 is 5.97 Å². The van der Waals surface area contributed by atoms with E-state index in [2.05, 4.69) is 54.7 Å². The standard InChI is InChI=1S/C22H23NO4/c1-22(2,3)19-10-12-20(13-11-19)26-14-4-5-17-6-8-18(9-7-17)15-23-27-16-21(24)25/h6-13,15H,14,16H2,1-3H3,(H,24,25)/b23-15+. The summed E-state index contributed by atoms with van der Waals surface area (Å²) in [5.74, 6) is 5.75. The maximum Gasteiger partial charge on any atom is 0.344 e. The van der Waals surface area contributed by atoms with E-state index in [-0.39, 0.29) is 5.41 Å². The van der Waals surface area contributed by atoms with E-state index in [9.17, 15) is 4.79 Å². The Morgan fingerprint density at radius 2 is 1.78 bits per heavy atom. The first kappa shape index (κ1) is 20.1. The van der Waals surface area contributed by atoms with Gasteiger partial charge in [-0.2, -0.15) is 0 Å². The predicted octanol–water partition coefficient (Wildman–Crippen LogP) is 3.85. The van der Waals surface area contributed by atoms with Crippen LogP contribution in [0.25, 0.3) is 0 Å². The van der Waals surface area contributed by atoms with Crippen molar-refractivity contribution in [2.45, 2.75) is 26.2 Å². The lowest BCUT2D eigenvalue weighted by molar-refractivity contribution is -0.142. The van der Waals surface area contributed by atoms with Gasteiger partial charge in [-0.3, -0.25) is 0 Å². The molecule has 0 bridgehead atoms. The molecule has 2 aromatic carbocycles. The van der Waals surface area contributed by atoms with Crippen LogP contribution in [-0.4, -0.2) is 30.5 Å². The lowest BCUT2D eigenvalue weighted by Crippen LogP contribution is -2.10. The van der Waals surface area contributed by atoms with Gasteiger partial charge in [0.15, 0.2) is 0 Å². The normalized spacial score (nSPS) is 10.9. The van der Waals surface area contributed by atoms with Crippen LogP contribution in [0.2, 0.25) is 0 Å². The maximum absolute atomic E-state index is 10.3. The van der Waals surface area contributed by atoms with Crippen molar-refractivity contribution in [3.63, 3.8) is 0 Å².